The lowest BCUT2D eigenvalue weighted by Gasteiger charge is -2.06. The van der Waals surface area contributed by atoms with Crippen molar-refractivity contribution in [1.29, 1.82) is 0 Å². The summed E-state index contributed by atoms with van der Waals surface area (Å²) in [7, 11) is 0. The summed E-state index contributed by atoms with van der Waals surface area (Å²) < 4.78 is 5.53. The van der Waals surface area contributed by atoms with E-state index >= 15 is 0 Å². The lowest BCUT2D eigenvalue weighted by Crippen LogP contribution is -2.27. The zero-order chi connectivity index (χ0) is 14.4. The van der Waals surface area contributed by atoms with Gasteiger partial charge in [0.1, 0.15) is 12.4 Å². The molecular weight excluding hydrogens is 270 g/mol. The second-order valence-corrected chi connectivity index (χ2v) is 5.62. The minimum Gasteiger partial charge on any atom is -0.492 e. The zero-order valence-corrected chi connectivity index (χ0v) is 12.6. The van der Waals surface area contributed by atoms with Gasteiger partial charge in [0.15, 0.2) is 0 Å². The molecule has 0 unspecified atom stereocenters. The average Bonchev–Trinajstić information content (AvgIpc) is 2.86. The van der Waals surface area contributed by atoms with Crippen LogP contribution < -0.4 is 10.1 Å². The fraction of sp³-hybridized carbons (Fsp3) is 0.312. The van der Waals surface area contributed by atoms with Gasteiger partial charge < -0.3 is 10.1 Å². The number of rotatable bonds is 6. The number of ether oxygens (including phenoxy) is 1. The van der Waals surface area contributed by atoms with Crippen LogP contribution in [-0.4, -0.2) is 19.1 Å². The van der Waals surface area contributed by atoms with Gasteiger partial charge in [-0.05, 0) is 37.1 Å². The number of para-hydroxylation sites is 1. The monoisotopic (exact) mass is 289 g/mol. The Balaban J connectivity index is 1.77. The molecule has 0 atom stereocenters. The maximum Gasteiger partial charge on any atom is 0.261 e. The summed E-state index contributed by atoms with van der Waals surface area (Å²) in [5, 5.41) is 2.88. The lowest BCUT2D eigenvalue weighted by molar-refractivity contribution is 0.0951. The van der Waals surface area contributed by atoms with Crippen molar-refractivity contribution in [3.63, 3.8) is 0 Å². The van der Waals surface area contributed by atoms with E-state index in [4.69, 9.17) is 4.74 Å². The summed E-state index contributed by atoms with van der Waals surface area (Å²) in [5.74, 6) is 0.802. The second kappa shape index (κ2) is 7.10. The molecule has 0 aliphatic rings. The smallest absolute Gasteiger partial charge is 0.261 e. The lowest BCUT2D eigenvalue weighted by atomic mass is 10.2. The number of hydrogen-bond donors (Lipinski definition) is 1. The molecule has 1 aromatic heterocycles. The summed E-state index contributed by atoms with van der Waals surface area (Å²) in [6.45, 7) is 5.13. The van der Waals surface area contributed by atoms with Crippen LogP contribution in [0.4, 0.5) is 0 Å². The SMILES string of the molecule is CCc1sc(C(=O)NCCOc2ccccc2)cc1C. The minimum absolute atomic E-state index is 0.0190. The molecule has 1 amide bonds. The molecule has 1 N–H and O–H groups in total. The highest BCUT2D eigenvalue weighted by atomic mass is 32.1. The van der Waals surface area contributed by atoms with E-state index in [1.165, 1.54) is 10.4 Å². The van der Waals surface area contributed by atoms with Gasteiger partial charge in [0, 0.05) is 4.88 Å². The van der Waals surface area contributed by atoms with Crippen LogP contribution in [0.2, 0.25) is 0 Å². The van der Waals surface area contributed by atoms with Gasteiger partial charge in [0.2, 0.25) is 0 Å². The molecule has 0 saturated heterocycles. The first kappa shape index (κ1) is 14.6. The van der Waals surface area contributed by atoms with Crippen LogP contribution >= 0.6 is 11.3 Å². The van der Waals surface area contributed by atoms with Crippen molar-refractivity contribution in [2.45, 2.75) is 20.3 Å². The molecular formula is C16H19NO2S. The molecule has 2 aromatic rings. The van der Waals surface area contributed by atoms with Crippen molar-refractivity contribution in [1.82, 2.24) is 5.32 Å². The molecule has 4 heteroatoms. The predicted octanol–water partition coefficient (Wildman–Crippen LogP) is 3.43. The molecule has 0 radical (unpaired) electrons. The number of aryl methyl sites for hydroxylation is 2. The molecule has 20 heavy (non-hydrogen) atoms. The van der Waals surface area contributed by atoms with Crippen LogP contribution in [0.5, 0.6) is 5.75 Å². The largest absolute Gasteiger partial charge is 0.492 e. The number of carbonyl (C=O) groups is 1. The summed E-state index contributed by atoms with van der Waals surface area (Å²) in [5.41, 5.74) is 1.20. The molecule has 0 spiro atoms. The standard InChI is InChI=1S/C16H19NO2S/c1-3-14-12(2)11-15(20-14)16(18)17-9-10-19-13-7-5-4-6-8-13/h4-8,11H,3,9-10H2,1-2H3,(H,17,18). The molecule has 3 nitrogen and oxygen atoms in total. The first-order valence-electron chi connectivity index (χ1n) is 6.76. The quantitative estimate of drug-likeness (QED) is 0.827. The topological polar surface area (TPSA) is 38.3 Å². The van der Waals surface area contributed by atoms with E-state index < -0.39 is 0 Å². The van der Waals surface area contributed by atoms with Crippen molar-refractivity contribution in [2.75, 3.05) is 13.2 Å². The Kier molecular flexibility index (Phi) is 5.18. The Hall–Kier alpha value is -1.81. The summed E-state index contributed by atoms with van der Waals surface area (Å²) in [4.78, 5) is 14.0. The molecule has 1 heterocycles. The summed E-state index contributed by atoms with van der Waals surface area (Å²) >= 11 is 1.57. The summed E-state index contributed by atoms with van der Waals surface area (Å²) in [6, 6.07) is 11.6. The molecule has 2 rings (SSSR count). The van der Waals surface area contributed by atoms with Crippen molar-refractivity contribution in [2.24, 2.45) is 0 Å². The Morgan fingerprint density at radius 2 is 2.05 bits per heavy atom. The van der Waals surface area contributed by atoms with E-state index in [9.17, 15) is 4.79 Å². The van der Waals surface area contributed by atoms with Crippen molar-refractivity contribution < 1.29 is 9.53 Å². The van der Waals surface area contributed by atoms with Gasteiger partial charge in [-0.25, -0.2) is 0 Å². The van der Waals surface area contributed by atoms with Crippen LogP contribution in [-0.2, 0) is 6.42 Å². The first-order valence-corrected chi connectivity index (χ1v) is 7.57. The van der Waals surface area contributed by atoms with Gasteiger partial charge >= 0.3 is 0 Å². The highest BCUT2D eigenvalue weighted by molar-refractivity contribution is 7.14. The maximum atomic E-state index is 12.0. The number of benzene rings is 1. The third-order valence-electron chi connectivity index (χ3n) is 2.97. The number of carbonyl (C=O) groups excluding carboxylic acids is 1. The van der Waals surface area contributed by atoms with Crippen LogP contribution in [0.25, 0.3) is 0 Å². The third-order valence-corrected chi connectivity index (χ3v) is 4.35. The third kappa shape index (κ3) is 3.84. The van der Waals surface area contributed by atoms with Crippen LogP contribution in [0.3, 0.4) is 0 Å². The van der Waals surface area contributed by atoms with Crippen molar-refractivity contribution in [3.05, 3.63) is 51.7 Å². The van der Waals surface area contributed by atoms with Gasteiger partial charge in [0.05, 0.1) is 11.4 Å². The molecule has 0 bridgehead atoms. The van der Waals surface area contributed by atoms with E-state index in [0.717, 1.165) is 17.0 Å². The van der Waals surface area contributed by atoms with E-state index in [2.05, 4.69) is 12.2 Å². The highest BCUT2D eigenvalue weighted by Gasteiger charge is 2.10. The highest BCUT2D eigenvalue weighted by Crippen LogP contribution is 2.22. The van der Waals surface area contributed by atoms with Gasteiger partial charge in [0.25, 0.3) is 5.91 Å². The first-order chi connectivity index (χ1) is 9.70. The van der Waals surface area contributed by atoms with Gasteiger partial charge in [-0.1, -0.05) is 25.1 Å². The van der Waals surface area contributed by atoms with Crippen molar-refractivity contribution in [3.8, 4) is 5.75 Å². The number of thiophene rings is 1. The Labute approximate surface area is 123 Å². The number of amides is 1. The number of nitrogens with one attached hydrogen (secondary N) is 1. The average molecular weight is 289 g/mol. The Morgan fingerprint density at radius 3 is 2.70 bits per heavy atom. The maximum absolute atomic E-state index is 12.0. The van der Waals surface area contributed by atoms with Gasteiger partial charge in [-0.2, -0.15) is 0 Å². The molecule has 0 saturated carbocycles. The van der Waals surface area contributed by atoms with Gasteiger partial charge in [-0.15, -0.1) is 11.3 Å². The van der Waals surface area contributed by atoms with E-state index in [-0.39, 0.29) is 5.91 Å². The Bertz CT molecular complexity index is 563. The molecule has 1 aromatic carbocycles. The van der Waals surface area contributed by atoms with E-state index in [1.54, 1.807) is 11.3 Å². The molecule has 0 fully saturated rings. The zero-order valence-electron chi connectivity index (χ0n) is 11.8. The van der Waals surface area contributed by atoms with Crippen LogP contribution in [0.15, 0.2) is 36.4 Å². The number of hydrogen-bond acceptors (Lipinski definition) is 3. The fourth-order valence-corrected chi connectivity index (χ4v) is 2.95. The van der Waals surface area contributed by atoms with E-state index in [1.807, 2.05) is 43.3 Å². The Morgan fingerprint density at radius 1 is 1.30 bits per heavy atom. The molecule has 0 aliphatic carbocycles. The van der Waals surface area contributed by atoms with E-state index in [0.29, 0.717) is 13.2 Å². The van der Waals surface area contributed by atoms with Gasteiger partial charge in [-0.3, -0.25) is 4.79 Å². The fourth-order valence-electron chi connectivity index (χ4n) is 1.92. The predicted molar refractivity (Wildman–Crippen MR) is 82.7 cm³/mol. The summed E-state index contributed by atoms with van der Waals surface area (Å²) in [6.07, 6.45) is 0.973. The molecule has 0 aliphatic heterocycles. The van der Waals surface area contributed by atoms with Crippen LogP contribution in [0, 0.1) is 6.92 Å². The van der Waals surface area contributed by atoms with Crippen molar-refractivity contribution >= 4 is 17.2 Å². The normalized spacial score (nSPS) is 10.3. The molecule has 106 valence electrons. The van der Waals surface area contributed by atoms with Crippen LogP contribution in [0.1, 0.15) is 27.0 Å². The second-order valence-electron chi connectivity index (χ2n) is 4.49. The minimum atomic E-state index is -0.0190.